The van der Waals surface area contributed by atoms with Gasteiger partial charge in [-0.25, -0.2) is 0 Å². The van der Waals surface area contributed by atoms with Crippen LogP contribution < -0.4 is 0 Å². The Morgan fingerprint density at radius 3 is 1.96 bits per heavy atom. The fraction of sp³-hybridized carbons (Fsp3) is 1.00. The molecule has 2 aliphatic rings. The molecule has 0 aromatic carbocycles. The molecule has 1 radical (unpaired) electrons. The predicted molar refractivity (Wildman–Crippen MR) is 86.5 cm³/mol. The average Bonchev–Trinajstić information content (AvgIpc) is 2.50. The van der Waals surface area contributed by atoms with Crippen LogP contribution in [0.4, 0.5) is 0 Å². The molecule has 5 unspecified atom stereocenters. The predicted octanol–water partition coefficient (Wildman–Crippen LogP) is 3.22. The number of rotatable bonds is 3. The third-order valence-electron chi connectivity index (χ3n) is 6.24. The molecule has 2 aliphatic heterocycles. The van der Waals surface area contributed by atoms with Crippen molar-refractivity contribution >= 4 is 0 Å². The maximum Gasteiger partial charge on any atom is 0.161 e. The van der Waals surface area contributed by atoms with Crippen LogP contribution in [0.2, 0.25) is 0 Å². The van der Waals surface area contributed by atoms with Crippen molar-refractivity contribution in [1.82, 2.24) is 0 Å². The van der Waals surface area contributed by atoms with E-state index in [1.165, 1.54) is 0 Å². The summed E-state index contributed by atoms with van der Waals surface area (Å²) in [6, 6.07) is 0. The van der Waals surface area contributed by atoms with Crippen LogP contribution in [0.1, 0.15) is 54.9 Å². The van der Waals surface area contributed by atoms with Crippen molar-refractivity contribution < 1.29 is 63.4 Å². The molecule has 4 nitrogen and oxygen atoms in total. The molecule has 133 valence electrons. The molecule has 0 amide bonds. The SMILES string of the molecule is CC[C@H]1OC(C)C(C)C(O)[C@@H]1O[C@@H]1OC(C)[C@H](C)[C@H](C)C1C.[Ac]. The Kier molecular flexibility index (Phi) is 9.01. The normalized spacial score (nSPS) is 51.1. The molecule has 2 heterocycles. The minimum absolute atomic E-state index is 0. The minimum atomic E-state index is -0.505. The first-order valence-electron chi connectivity index (χ1n) is 8.92. The third-order valence-corrected chi connectivity index (χ3v) is 6.24. The molecule has 0 aliphatic carbocycles. The number of aliphatic hydroxyl groups is 1. The zero-order valence-electron chi connectivity index (χ0n) is 15.7. The van der Waals surface area contributed by atoms with E-state index in [4.69, 9.17) is 14.2 Å². The van der Waals surface area contributed by atoms with Gasteiger partial charge in [0.25, 0.3) is 0 Å². The molecule has 10 atom stereocenters. The van der Waals surface area contributed by atoms with E-state index in [0.717, 1.165) is 6.42 Å². The van der Waals surface area contributed by atoms with Crippen LogP contribution >= 0.6 is 0 Å². The molecule has 5 heteroatoms. The molecule has 2 rings (SSSR count). The Bertz CT molecular complexity index is 365. The summed E-state index contributed by atoms with van der Waals surface area (Å²) in [6.07, 6.45) is -0.0786. The number of hydrogen-bond donors (Lipinski definition) is 1. The maximum absolute atomic E-state index is 10.6. The average molecular weight is 541 g/mol. The van der Waals surface area contributed by atoms with Gasteiger partial charge in [0, 0.05) is 55.9 Å². The van der Waals surface area contributed by atoms with Crippen molar-refractivity contribution in [3.8, 4) is 0 Å². The van der Waals surface area contributed by atoms with Crippen molar-refractivity contribution in [2.45, 2.75) is 91.7 Å². The van der Waals surface area contributed by atoms with Gasteiger partial charge in [0.05, 0.1) is 24.4 Å². The van der Waals surface area contributed by atoms with E-state index >= 15 is 0 Å². The molecule has 1 N–H and O–H groups in total. The van der Waals surface area contributed by atoms with E-state index in [-0.39, 0.29) is 80.7 Å². The van der Waals surface area contributed by atoms with E-state index in [0.29, 0.717) is 17.8 Å². The zero-order valence-corrected chi connectivity index (χ0v) is 20.5. The summed E-state index contributed by atoms with van der Waals surface area (Å²) in [4.78, 5) is 0. The molecule has 0 aromatic heterocycles. The summed E-state index contributed by atoms with van der Waals surface area (Å²) in [7, 11) is 0. The van der Waals surface area contributed by atoms with Gasteiger partial charge in [0.1, 0.15) is 6.10 Å². The molecule has 0 aromatic rings. The quantitative estimate of drug-likeness (QED) is 0.597. The fourth-order valence-corrected chi connectivity index (χ4v) is 3.69. The van der Waals surface area contributed by atoms with Crippen LogP contribution in [-0.2, 0) is 14.2 Å². The van der Waals surface area contributed by atoms with E-state index in [1.807, 2.05) is 13.8 Å². The van der Waals surface area contributed by atoms with E-state index in [2.05, 4.69) is 34.6 Å². The summed E-state index contributed by atoms with van der Waals surface area (Å²) in [6.45, 7) is 14.9. The summed E-state index contributed by atoms with van der Waals surface area (Å²) < 4.78 is 18.4. The number of aliphatic hydroxyl groups excluding tert-OH is 1. The van der Waals surface area contributed by atoms with Gasteiger partial charge >= 0.3 is 0 Å². The molecule has 2 saturated heterocycles. The van der Waals surface area contributed by atoms with Gasteiger partial charge in [0.15, 0.2) is 6.29 Å². The standard InChI is InChI=1S/C18H34O4.Ac/c1-8-15-17(16(19)12(5)14(7)20-15)22-18-11(4)9(2)10(3)13(6)21-18;/h9-19H,8H2,1-7H3;/t9-,10+,11?,12?,13?,14?,15+,16?,17+,18-;/m0./s1. The Balaban J connectivity index is 0.00000264. The third kappa shape index (κ3) is 4.72. The molecular formula is C18H34AcO4. The first-order chi connectivity index (χ1) is 10.3. The Morgan fingerprint density at radius 1 is 0.826 bits per heavy atom. The summed E-state index contributed by atoms with van der Waals surface area (Å²) >= 11 is 0. The van der Waals surface area contributed by atoms with Gasteiger partial charge in [-0.1, -0.05) is 34.6 Å². The van der Waals surface area contributed by atoms with Gasteiger partial charge in [0.2, 0.25) is 0 Å². The van der Waals surface area contributed by atoms with Crippen LogP contribution in [0, 0.1) is 67.7 Å². The van der Waals surface area contributed by atoms with Gasteiger partial charge in [-0.05, 0) is 32.1 Å². The topological polar surface area (TPSA) is 47.9 Å². The Morgan fingerprint density at radius 2 is 1.39 bits per heavy atom. The van der Waals surface area contributed by atoms with Gasteiger partial charge in [-0.15, -0.1) is 0 Å². The second-order valence-electron chi connectivity index (χ2n) is 7.53. The van der Waals surface area contributed by atoms with E-state index in [9.17, 15) is 5.11 Å². The van der Waals surface area contributed by atoms with E-state index < -0.39 is 6.10 Å². The summed E-state index contributed by atoms with van der Waals surface area (Å²) in [5, 5.41) is 10.6. The second-order valence-corrected chi connectivity index (χ2v) is 7.53. The molecule has 23 heavy (non-hydrogen) atoms. The molecular weight excluding hydrogens is 507 g/mol. The first kappa shape index (κ1) is 22.3. The summed E-state index contributed by atoms with van der Waals surface area (Å²) in [5.74, 6) is 1.43. The van der Waals surface area contributed by atoms with Crippen molar-refractivity contribution in [1.29, 1.82) is 0 Å². The van der Waals surface area contributed by atoms with Gasteiger partial charge < -0.3 is 19.3 Å². The van der Waals surface area contributed by atoms with Crippen LogP contribution in [0.25, 0.3) is 0 Å². The molecule has 2 fully saturated rings. The number of ether oxygens (including phenoxy) is 3. The van der Waals surface area contributed by atoms with Gasteiger partial charge in [-0.3, -0.25) is 0 Å². The van der Waals surface area contributed by atoms with Crippen molar-refractivity contribution in [2.75, 3.05) is 0 Å². The molecule has 0 spiro atoms. The van der Waals surface area contributed by atoms with Crippen LogP contribution in [-0.4, -0.2) is 41.9 Å². The van der Waals surface area contributed by atoms with Crippen molar-refractivity contribution in [2.24, 2.45) is 23.7 Å². The summed E-state index contributed by atoms with van der Waals surface area (Å²) in [5.41, 5.74) is 0. The number of hydrogen-bond acceptors (Lipinski definition) is 4. The van der Waals surface area contributed by atoms with Crippen LogP contribution in [0.3, 0.4) is 0 Å². The second kappa shape index (κ2) is 9.29. The van der Waals surface area contributed by atoms with E-state index in [1.54, 1.807) is 0 Å². The maximum atomic E-state index is 10.6. The van der Waals surface area contributed by atoms with Crippen molar-refractivity contribution in [3.05, 3.63) is 0 Å². The fourth-order valence-electron chi connectivity index (χ4n) is 3.69. The molecule has 0 bridgehead atoms. The van der Waals surface area contributed by atoms with Crippen LogP contribution in [0.5, 0.6) is 0 Å². The van der Waals surface area contributed by atoms with Crippen molar-refractivity contribution in [3.63, 3.8) is 0 Å². The Hall–Kier alpha value is 1.28. The monoisotopic (exact) mass is 541 g/mol. The largest absolute Gasteiger partial charge is 0.390 e. The Labute approximate surface area is 177 Å². The first-order valence-corrected chi connectivity index (χ1v) is 8.92. The molecule has 0 saturated carbocycles. The van der Waals surface area contributed by atoms with Crippen LogP contribution in [0.15, 0.2) is 0 Å². The zero-order chi connectivity index (χ0) is 16.6. The smallest absolute Gasteiger partial charge is 0.161 e. The van der Waals surface area contributed by atoms with Gasteiger partial charge in [-0.2, -0.15) is 0 Å². The minimum Gasteiger partial charge on any atom is -0.390 e.